The molecule has 1 saturated heterocycles. The number of anilines is 1. The molecule has 1 aromatic carbocycles. The number of hydrogen-bond donors (Lipinski definition) is 1. The largest absolute Gasteiger partial charge is 0.353 e. The molecule has 3 heterocycles. The number of carbonyl (C=O) groups excluding carboxylic acids is 1. The summed E-state index contributed by atoms with van der Waals surface area (Å²) in [4.78, 5) is 28.4. The first kappa shape index (κ1) is 14.7. The second-order valence-corrected chi connectivity index (χ2v) is 5.99. The maximum atomic E-state index is 12.6. The molecule has 4 rings (SSSR count). The first-order chi connectivity index (χ1) is 11.8. The summed E-state index contributed by atoms with van der Waals surface area (Å²) in [6.45, 7) is 3.12. The summed E-state index contributed by atoms with van der Waals surface area (Å²) >= 11 is 0. The van der Waals surface area contributed by atoms with Crippen molar-refractivity contribution in [3.63, 3.8) is 0 Å². The van der Waals surface area contributed by atoms with Crippen LogP contribution in [0, 0.1) is 0 Å². The van der Waals surface area contributed by atoms with E-state index < -0.39 is 0 Å². The van der Waals surface area contributed by atoms with Crippen LogP contribution in [0.1, 0.15) is 5.56 Å². The highest BCUT2D eigenvalue weighted by Gasteiger charge is 2.21. The van der Waals surface area contributed by atoms with Crippen molar-refractivity contribution >= 4 is 22.8 Å². The fourth-order valence-corrected chi connectivity index (χ4v) is 3.10. The predicted octanol–water partition coefficient (Wildman–Crippen LogP) is 1.85. The molecule has 1 aliphatic rings. The summed E-state index contributed by atoms with van der Waals surface area (Å²) in [6, 6.07) is 11.9. The van der Waals surface area contributed by atoms with E-state index in [9.17, 15) is 4.79 Å². The molecule has 0 radical (unpaired) electrons. The van der Waals surface area contributed by atoms with Crippen molar-refractivity contribution in [1.82, 2.24) is 19.9 Å². The van der Waals surface area contributed by atoms with Gasteiger partial charge in [0.05, 0.1) is 23.8 Å². The number of aromatic nitrogens is 3. The Hall–Kier alpha value is -2.89. The highest BCUT2D eigenvalue weighted by atomic mass is 16.2. The minimum atomic E-state index is 0.175. The van der Waals surface area contributed by atoms with Gasteiger partial charge in [-0.15, -0.1) is 0 Å². The molecule has 6 nitrogen and oxygen atoms in total. The second kappa shape index (κ2) is 6.31. The van der Waals surface area contributed by atoms with Gasteiger partial charge in [-0.25, -0.2) is 9.97 Å². The van der Waals surface area contributed by atoms with Crippen molar-refractivity contribution in [1.29, 1.82) is 0 Å². The Morgan fingerprint density at radius 3 is 2.75 bits per heavy atom. The number of nitrogens with one attached hydrogen (secondary N) is 1. The molecule has 2 aromatic heterocycles. The van der Waals surface area contributed by atoms with Crippen LogP contribution in [0.4, 0.5) is 5.82 Å². The van der Waals surface area contributed by atoms with Gasteiger partial charge in [-0.1, -0.05) is 12.1 Å². The number of carbonyl (C=O) groups is 1. The third-order valence-corrected chi connectivity index (χ3v) is 4.45. The quantitative estimate of drug-likeness (QED) is 0.799. The maximum absolute atomic E-state index is 12.6. The number of H-pyrrole nitrogens is 1. The summed E-state index contributed by atoms with van der Waals surface area (Å²) in [6.07, 6.45) is 3.91. The molecule has 6 heteroatoms. The van der Waals surface area contributed by atoms with E-state index in [0.29, 0.717) is 6.42 Å². The number of fused-ring (bicyclic) bond motifs is 1. The second-order valence-electron chi connectivity index (χ2n) is 5.99. The van der Waals surface area contributed by atoms with Gasteiger partial charge in [0.15, 0.2) is 0 Å². The molecule has 1 amide bonds. The van der Waals surface area contributed by atoms with Crippen LogP contribution < -0.4 is 4.90 Å². The highest BCUT2D eigenvalue weighted by molar-refractivity contribution is 5.81. The molecule has 0 unspecified atom stereocenters. The van der Waals surface area contributed by atoms with Crippen molar-refractivity contribution in [3.05, 3.63) is 54.5 Å². The summed E-state index contributed by atoms with van der Waals surface area (Å²) in [5.41, 5.74) is 2.92. The van der Waals surface area contributed by atoms with E-state index in [1.165, 1.54) is 0 Å². The smallest absolute Gasteiger partial charge is 0.227 e. The average molecular weight is 321 g/mol. The van der Waals surface area contributed by atoms with Crippen LogP contribution in [0.2, 0.25) is 0 Å². The van der Waals surface area contributed by atoms with E-state index in [0.717, 1.165) is 48.6 Å². The van der Waals surface area contributed by atoms with Crippen LogP contribution in [0.15, 0.2) is 48.9 Å². The van der Waals surface area contributed by atoms with E-state index in [-0.39, 0.29) is 5.91 Å². The number of hydrogen-bond acceptors (Lipinski definition) is 4. The van der Waals surface area contributed by atoms with E-state index in [1.54, 1.807) is 12.5 Å². The van der Waals surface area contributed by atoms with Gasteiger partial charge in [-0.2, -0.15) is 0 Å². The van der Waals surface area contributed by atoms with Gasteiger partial charge < -0.3 is 14.8 Å². The first-order valence-electron chi connectivity index (χ1n) is 8.15. The topological polar surface area (TPSA) is 65.1 Å². The molecule has 0 aliphatic carbocycles. The molecule has 0 atom stereocenters. The summed E-state index contributed by atoms with van der Waals surface area (Å²) in [5, 5.41) is 0. The van der Waals surface area contributed by atoms with Crippen molar-refractivity contribution < 1.29 is 4.79 Å². The Morgan fingerprint density at radius 1 is 1.08 bits per heavy atom. The van der Waals surface area contributed by atoms with Gasteiger partial charge in [-0.3, -0.25) is 4.79 Å². The number of benzene rings is 1. The molecular weight excluding hydrogens is 302 g/mol. The Morgan fingerprint density at radius 2 is 1.96 bits per heavy atom. The third kappa shape index (κ3) is 2.95. The molecule has 1 aliphatic heterocycles. The number of pyridine rings is 1. The molecule has 3 aromatic rings. The Labute approximate surface area is 140 Å². The number of amides is 1. The Bertz CT molecular complexity index is 837. The third-order valence-electron chi connectivity index (χ3n) is 4.45. The maximum Gasteiger partial charge on any atom is 0.227 e. The van der Waals surface area contributed by atoms with E-state index >= 15 is 0 Å². The minimum Gasteiger partial charge on any atom is -0.353 e. The van der Waals surface area contributed by atoms with E-state index in [2.05, 4.69) is 19.9 Å². The van der Waals surface area contributed by atoms with Crippen LogP contribution in [0.5, 0.6) is 0 Å². The average Bonchev–Trinajstić information content (AvgIpc) is 3.10. The van der Waals surface area contributed by atoms with Gasteiger partial charge in [0.1, 0.15) is 5.82 Å². The zero-order chi connectivity index (χ0) is 16.4. The lowest BCUT2D eigenvalue weighted by Gasteiger charge is -2.35. The van der Waals surface area contributed by atoms with Crippen LogP contribution in [-0.2, 0) is 11.2 Å². The van der Waals surface area contributed by atoms with Crippen molar-refractivity contribution in [2.75, 3.05) is 31.1 Å². The SMILES string of the molecule is O=C(Cc1ccc2nc[nH]c2c1)N1CCN(c2ccccn2)CC1. The number of imidazole rings is 1. The van der Waals surface area contributed by atoms with Crippen LogP contribution >= 0.6 is 0 Å². The molecule has 24 heavy (non-hydrogen) atoms. The van der Waals surface area contributed by atoms with Gasteiger partial charge in [0, 0.05) is 32.4 Å². The fourth-order valence-electron chi connectivity index (χ4n) is 3.10. The zero-order valence-electron chi connectivity index (χ0n) is 13.4. The Kier molecular flexibility index (Phi) is 3.86. The monoisotopic (exact) mass is 321 g/mol. The molecule has 1 fully saturated rings. The molecule has 1 N–H and O–H groups in total. The number of piperazine rings is 1. The number of rotatable bonds is 3. The van der Waals surface area contributed by atoms with Crippen LogP contribution in [0.3, 0.4) is 0 Å². The van der Waals surface area contributed by atoms with Crippen LogP contribution in [-0.4, -0.2) is 51.9 Å². The van der Waals surface area contributed by atoms with Crippen molar-refractivity contribution in [2.45, 2.75) is 6.42 Å². The van der Waals surface area contributed by atoms with E-state index in [1.807, 2.05) is 41.3 Å². The first-order valence-corrected chi connectivity index (χ1v) is 8.15. The molecule has 0 spiro atoms. The predicted molar refractivity (Wildman–Crippen MR) is 92.8 cm³/mol. The van der Waals surface area contributed by atoms with Crippen molar-refractivity contribution in [2.24, 2.45) is 0 Å². The molecule has 122 valence electrons. The Balaban J connectivity index is 1.37. The highest BCUT2D eigenvalue weighted by Crippen LogP contribution is 2.15. The normalized spacial score (nSPS) is 15.0. The van der Waals surface area contributed by atoms with Crippen molar-refractivity contribution in [3.8, 4) is 0 Å². The van der Waals surface area contributed by atoms with Gasteiger partial charge >= 0.3 is 0 Å². The fraction of sp³-hybridized carbons (Fsp3) is 0.278. The lowest BCUT2D eigenvalue weighted by Crippen LogP contribution is -2.49. The molecular formula is C18H19N5O. The van der Waals surface area contributed by atoms with Gasteiger partial charge in [-0.05, 0) is 29.8 Å². The van der Waals surface area contributed by atoms with Gasteiger partial charge in [0.25, 0.3) is 0 Å². The summed E-state index contributed by atoms with van der Waals surface area (Å²) < 4.78 is 0. The van der Waals surface area contributed by atoms with Gasteiger partial charge in [0.2, 0.25) is 5.91 Å². The molecule has 0 saturated carbocycles. The number of aromatic amines is 1. The minimum absolute atomic E-state index is 0.175. The summed E-state index contributed by atoms with van der Waals surface area (Å²) in [7, 11) is 0. The van der Waals surface area contributed by atoms with E-state index in [4.69, 9.17) is 0 Å². The van der Waals surface area contributed by atoms with Crippen LogP contribution in [0.25, 0.3) is 11.0 Å². The lowest BCUT2D eigenvalue weighted by molar-refractivity contribution is -0.130. The molecule has 0 bridgehead atoms. The standard InChI is InChI=1S/C18H19N5O/c24-18(12-14-4-5-15-16(11-14)21-13-20-15)23-9-7-22(8-10-23)17-3-1-2-6-19-17/h1-6,11,13H,7-10,12H2,(H,20,21). The summed E-state index contributed by atoms with van der Waals surface area (Å²) in [5.74, 6) is 1.16. The lowest BCUT2D eigenvalue weighted by atomic mass is 10.1. The number of nitrogens with zero attached hydrogens (tertiary/aromatic N) is 4. The zero-order valence-corrected chi connectivity index (χ0v) is 13.4.